The van der Waals surface area contributed by atoms with Crippen LogP contribution in [0.25, 0.3) is 0 Å². The number of anilines is 2. The van der Waals surface area contributed by atoms with Gasteiger partial charge in [0.05, 0.1) is 12.0 Å². The van der Waals surface area contributed by atoms with Crippen molar-refractivity contribution in [3.8, 4) is 5.75 Å². The highest BCUT2D eigenvalue weighted by Gasteiger charge is 2.32. The standard InChI is InChI=1S/C23H27N3O5S/c1-31-19-7-5-18(6-8-19)24-23(28)16-11-13-26(14-12-16)32(29,30)20-9-10-21-17(15-20)3-2-4-22(27)25-21/h5-10,15-16H,2-4,11-14H2,1H3,(H,24,28)(H,25,27). The molecule has 170 valence electrons. The van der Waals surface area contributed by atoms with Crippen LogP contribution >= 0.6 is 0 Å². The maximum absolute atomic E-state index is 13.2. The molecule has 9 heteroatoms. The second-order valence-corrected chi connectivity index (χ2v) is 10.1. The average Bonchev–Trinajstić information content (AvgIpc) is 2.99. The summed E-state index contributed by atoms with van der Waals surface area (Å²) in [7, 11) is -2.08. The Morgan fingerprint density at radius 3 is 2.50 bits per heavy atom. The van der Waals surface area contributed by atoms with Crippen molar-refractivity contribution in [2.24, 2.45) is 5.92 Å². The summed E-state index contributed by atoms with van der Waals surface area (Å²) in [4.78, 5) is 24.6. The molecular formula is C23H27N3O5S. The van der Waals surface area contributed by atoms with Crippen LogP contribution in [0.3, 0.4) is 0 Å². The number of ether oxygens (including phenoxy) is 1. The average molecular weight is 458 g/mol. The summed E-state index contributed by atoms with van der Waals surface area (Å²) in [6.45, 7) is 0.577. The van der Waals surface area contributed by atoms with Crippen LogP contribution in [0.2, 0.25) is 0 Å². The molecule has 2 aliphatic rings. The summed E-state index contributed by atoms with van der Waals surface area (Å²) >= 11 is 0. The number of piperidine rings is 1. The molecule has 0 saturated carbocycles. The number of sulfonamides is 1. The molecule has 2 aromatic carbocycles. The Hall–Kier alpha value is -2.91. The third-order valence-corrected chi connectivity index (χ3v) is 7.92. The normalized spacial score (nSPS) is 17.7. The van der Waals surface area contributed by atoms with E-state index in [1.807, 2.05) is 0 Å². The molecule has 2 amide bonds. The fourth-order valence-electron chi connectivity index (χ4n) is 4.14. The van der Waals surface area contributed by atoms with E-state index in [1.54, 1.807) is 49.6 Å². The van der Waals surface area contributed by atoms with E-state index in [1.165, 1.54) is 4.31 Å². The Balaban J connectivity index is 1.39. The summed E-state index contributed by atoms with van der Waals surface area (Å²) in [5, 5.41) is 5.72. The Labute approximate surface area is 188 Å². The molecule has 1 fully saturated rings. The zero-order valence-corrected chi connectivity index (χ0v) is 18.8. The second-order valence-electron chi connectivity index (χ2n) is 8.12. The molecule has 2 N–H and O–H groups in total. The number of fused-ring (bicyclic) bond motifs is 1. The molecular weight excluding hydrogens is 430 g/mol. The van der Waals surface area contributed by atoms with Gasteiger partial charge in [-0.15, -0.1) is 0 Å². The van der Waals surface area contributed by atoms with Gasteiger partial charge in [0.25, 0.3) is 0 Å². The fourth-order valence-corrected chi connectivity index (χ4v) is 5.66. The Kier molecular flexibility index (Phi) is 6.48. The number of nitrogens with one attached hydrogen (secondary N) is 2. The molecule has 0 aliphatic carbocycles. The van der Waals surface area contributed by atoms with E-state index >= 15 is 0 Å². The van der Waals surface area contributed by atoms with Gasteiger partial charge in [0, 0.05) is 36.8 Å². The highest BCUT2D eigenvalue weighted by molar-refractivity contribution is 7.89. The minimum Gasteiger partial charge on any atom is -0.497 e. The van der Waals surface area contributed by atoms with E-state index < -0.39 is 10.0 Å². The minimum atomic E-state index is -3.66. The Bertz CT molecular complexity index is 1110. The number of rotatable bonds is 5. The molecule has 8 nitrogen and oxygen atoms in total. The highest BCUT2D eigenvalue weighted by Crippen LogP contribution is 2.29. The van der Waals surface area contributed by atoms with Gasteiger partial charge in [0.1, 0.15) is 5.75 Å². The molecule has 0 spiro atoms. The lowest BCUT2D eigenvalue weighted by atomic mass is 9.97. The summed E-state index contributed by atoms with van der Waals surface area (Å²) in [5.74, 6) is 0.315. The number of benzene rings is 2. The van der Waals surface area contributed by atoms with Gasteiger partial charge in [-0.3, -0.25) is 9.59 Å². The van der Waals surface area contributed by atoms with Gasteiger partial charge in [-0.05, 0) is 73.7 Å². The minimum absolute atomic E-state index is 0.0469. The van der Waals surface area contributed by atoms with Crippen molar-refractivity contribution in [3.05, 3.63) is 48.0 Å². The van der Waals surface area contributed by atoms with Crippen molar-refractivity contribution >= 4 is 33.2 Å². The van der Waals surface area contributed by atoms with Gasteiger partial charge in [-0.2, -0.15) is 4.31 Å². The van der Waals surface area contributed by atoms with Gasteiger partial charge in [0.15, 0.2) is 0 Å². The lowest BCUT2D eigenvalue weighted by Gasteiger charge is -2.30. The van der Waals surface area contributed by atoms with Gasteiger partial charge in [-0.25, -0.2) is 8.42 Å². The summed E-state index contributed by atoms with van der Waals surface area (Å²) in [6.07, 6.45) is 2.70. The number of hydrogen-bond acceptors (Lipinski definition) is 5. The predicted octanol–water partition coefficient (Wildman–Crippen LogP) is 3.01. The van der Waals surface area contributed by atoms with E-state index in [9.17, 15) is 18.0 Å². The fraction of sp³-hybridized carbons (Fsp3) is 0.391. The predicted molar refractivity (Wildman–Crippen MR) is 121 cm³/mol. The summed E-state index contributed by atoms with van der Waals surface area (Å²) < 4.78 is 32.9. The monoisotopic (exact) mass is 457 g/mol. The third kappa shape index (κ3) is 4.78. The number of carbonyl (C=O) groups is 2. The topological polar surface area (TPSA) is 105 Å². The quantitative estimate of drug-likeness (QED) is 0.718. The summed E-state index contributed by atoms with van der Waals surface area (Å²) in [6, 6.07) is 12.0. The van der Waals surface area contributed by atoms with Crippen LogP contribution in [0.1, 0.15) is 31.2 Å². The number of hydrogen-bond donors (Lipinski definition) is 2. The zero-order chi connectivity index (χ0) is 22.7. The molecule has 2 heterocycles. The number of methoxy groups -OCH3 is 1. The van der Waals surface area contributed by atoms with Crippen molar-refractivity contribution in [2.75, 3.05) is 30.8 Å². The van der Waals surface area contributed by atoms with Crippen LogP contribution < -0.4 is 15.4 Å². The van der Waals surface area contributed by atoms with E-state index in [4.69, 9.17) is 4.74 Å². The lowest BCUT2D eigenvalue weighted by molar-refractivity contribution is -0.121. The van der Waals surface area contributed by atoms with Crippen molar-refractivity contribution in [1.82, 2.24) is 4.31 Å². The van der Waals surface area contributed by atoms with Crippen molar-refractivity contribution in [1.29, 1.82) is 0 Å². The van der Waals surface area contributed by atoms with Gasteiger partial charge < -0.3 is 15.4 Å². The maximum Gasteiger partial charge on any atom is 0.243 e. The van der Waals surface area contributed by atoms with Gasteiger partial charge in [0.2, 0.25) is 21.8 Å². The van der Waals surface area contributed by atoms with Crippen LogP contribution in [0.5, 0.6) is 5.75 Å². The SMILES string of the molecule is COc1ccc(NC(=O)C2CCN(S(=O)(=O)c3ccc4c(c3)CCCC(=O)N4)CC2)cc1. The van der Waals surface area contributed by atoms with Crippen LogP contribution in [0.15, 0.2) is 47.4 Å². The molecule has 32 heavy (non-hydrogen) atoms. The van der Waals surface area contributed by atoms with Crippen LogP contribution in [0, 0.1) is 5.92 Å². The molecule has 0 atom stereocenters. The third-order valence-electron chi connectivity index (χ3n) is 6.02. The van der Waals surface area contributed by atoms with Crippen LogP contribution in [0.4, 0.5) is 11.4 Å². The smallest absolute Gasteiger partial charge is 0.243 e. The molecule has 4 rings (SSSR count). The largest absolute Gasteiger partial charge is 0.497 e. The number of carbonyl (C=O) groups excluding carboxylic acids is 2. The van der Waals surface area contributed by atoms with Crippen molar-refractivity contribution in [3.63, 3.8) is 0 Å². The van der Waals surface area contributed by atoms with Gasteiger partial charge >= 0.3 is 0 Å². The number of nitrogens with zero attached hydrogens (tertiary/aromatic N) is 1. The lowest BCUT2D eigenvalue weighted by Crippen LogP contribution is -2.41. The zero-order valence-electron chi connectivity index (χ0n) is 18.0. The second kappa shape index (κ2) is 9.30. The number of aryl methyl sites for hydroxylation is 1. The number of amides is 2. The van der Waals surface area contributed by atoms with Crippen molar-refractivity contribution in [2.45, 2.75) is 37.0 Å². The van der Waals surface area contributed by atoms with E-state index in [0.717, 1.165) is 5.56 Å². The van der Waals surface area contributed by atoms with Gasteiger partial charge in [-0.1, -0.05) is 0 Å². The van der Waals surface area contributed by atoms with E-state index in [0.29, 0.717) is 49.2 Å². The van der Waals surface area contributed by atoms with E-state index in [2.05, 4.69) is 10.6 Å². The highest BCUT2D eigenvalue weighted by atomic mass is 32.2. The van der Waals surface area contributed by atoms with Crippen molar-refractivity contribution < 1.29 is 22.7 Å². The molecule has 2 aliphatic heterocycles. The first kappa shape index (κ1) is 22.3. The van der Waals surface area contributed by atoms with Crippen LogP contribution in [-0.4, -0.2) is 44.7 Å². The Morgan fingerprint density at radius 1 is 1.09 bits per heavy atom. The molecule has 0 unspecified atom stereocenters. The van der Waals surface area contributed by atoms with Crippen LogP contribution in [-0.2, 0) is 26.0 Å². The first-order chi connectivity index (χ1) is 15.4. The first-order valence-corrected chi connectivity index (χ1v) is 12.2. The molecule has 0 aromatic heterocycles. The molecule has 0 bridgehead atoms. The Morgan fingerprint density at radius 2 is 1.81 bits per heavy atom. The molecule has 1 saturated heterocycles. The van der Waals surface area contributed by atoms with E-state index in [-0.39, 0.29) is 35.7 Å². The summed E-state index contributed by atoms with van der Waals surface area (Å²) in [5.41, 5.74) is 2.20. The molecule has 0 radical (unpaired) electrons. The molecule has 2 aromatic rings. The maximum atomic E-state index is 13.2. The first-order valence-electron chi connectivity index (χ1n) is 10.7.